The van der Waals surface area contributed by atoms with Gasteiger partial charge in [0.05, 0.1) is 0 Å². The maximum absolute atomic E-state index is 12.8. The number of allylic oxidation sites excluding steroid dienone is 18. The van der Waals surface area contributed by atoms with Crippen molar-refractivity contribution in [3.63, 3.8) is 0 Å². The SMILES string of the molecule is CC/C=C/C=C/C=C/C=C/CCCCCCCC(=O)OC(COC(=O)CCCCC/C=C/C=C/C=C/C=C/CC)COC(=O)CCCCCCC/C=C/CCCCCCCCC. The molecule has 1 atom stereocenters. The first kappa shape index (κ1) is 58.1. The molecule has 0 bridgehead atoms. The number of ether oxygens (including phenoxy) is 3. The maximum Gasteiger partial charge on any atom is 0.306 e. The van der Waals surface area contributed by atoms with Crippen LogP contribution >= 0.6 is 0 Å². The molecule has 0 fully saturated rings. The second-order valence-electron chi connectivity index (χ2n) is 16.1. The molecule has 0 radical (unpaired) electrons. The third-order valence-corrected chi connectivity index (χ3v) is 10.2. The number of unbranched alkanes of at least 4 members (excludes halogenated alkanes) is 20. The minimum Gasteiger partial charge on any atom is -0.462 e. The molecule has 0 aromatic carbocycles. The van der Waals surface area contributed by atoms with Crippen molar-refractivity contribution in [3.05, 3.63) is 109 Å². The molecule has 0 aromatic rings. The Morgan fingerprint density at radius 2 is 0.645 bits per heavy atom. The van der Waals surface area contributed by atoms with Crippen LogP contribution in [0.1, 0.15) is 207 Å². The number of carbonyl (C=O) groups excluding carboxylic acids is 3. The molecule has 6 heteroatoms. The van der Waals surface area contributed by atoms with Crippen LogP contribution in [0.5, 0.6) is 0 Å². The van der Waals surface area contributed by atoms with Crippen molar-refractivity contribution in [2.24, 2.45) is 0 Å². The lowest BCUT2D eigenvalue weighted by Crippen LogP contribution is -2.30. The summed E-state index contributed by atoms with van der Waals surface area (Å²) in [5, 5.41) is 0. The molecule has 0 heterocycles. The Kier molecular flexibility index (Phi) is 46.6. The molecule has 0 aliphatic rings. The van der Waals surface area contributed by atoms with Crippen molar-refractivity contribution in [1.82, 2.24) is 0 Å². The third kappa shape index (κ3) is 47.1. The van der Waals surface area contributed by atoms with E-state index in [2.05, 4.69) is 69.4 Å². The summed E-state index contributed by atoms with van der Waals surface area (Å²) in [6.45, 7) is 6.28. The molecule has 0 N–H and O–H groups in total. The highest BCUT2D eigenvalue weighted by molar-refractivity contribution is 5.71. The summed E-state index contributed by atoms with van der Waals surface area (Å²) in [6, 6.07) is 0. The normalized spacial score (nSPS) is 13.0. The molecule has 0 aromatic heterocycles. The second kappa shape index (κ2) is 49.7. The minimum atomic E-state index is -0.811. The molecule has 0 aliphatic heterocycles. The molecular weight excluding hydrogens is 769 g/mol. The monoisotopic (exact) mass is 859 g/mol. The van der Waals surface area contributed by atoms with Gasteiger partial charge in [0.1, 0.15) is 13.2 Å². The van der Waals surface area contributed by atoms with Gasteiger partial charge in [-0.15, -0.1) is 0 Å². The zero-order valence-electron chi connectivity index (χ0n) is 39.8. The van der Waals surface area contributed by atoms with Gasteiger partial charge in [0.25, 0.3) is 0 Å². The predicted octanol–water partition coefficient (Wildman–Crippen LogP) is 16.4. The number of hydrogen-bond donors (Lipinski definition) is 0. The van der Waals surface area contributed by atoms with Gasteiger partial charge in [-0.05, 0) is 83.5 Å². The molecule has 0 aliphatic carbocycles. The van der Waals surface area contributed by atoms with Crippen molar-refractivity contribution in [2.75, 3.05) is 13.2 Å². The van der Waals surface area contributed by atoms with Crippen LogP contribution in [0, 0.1) is 0 Å². The number of hydrogen-bond acceptors (Lipinski definition) is 6. The molecule has 0 saturated carbocycles. The second-order valence-corrected chi connectivity index (χ2v) is 16.1. The lowest BCUT2D eigenvalue weighted by molar-refractivity contribution is -0.167. The maximum atomic E-state index is 12.8. The van der Waals surface area contributed by atoms with E-state index in [1.165, 1.54) is 57.8 Å². The molecule has 0 saturated heterocycles. The van der Waals surface area contributed by atoms with Crippen molar-refractivity contribution in [2.45, 2.75) is 213 Å². The van der Waals surface area contributed by atoms with E-state index < -0.39 is 6.10 Å². The van der Waals surface area contributed by atoms with E-state index in [-0.39, 0.29) is 37.5 Å². The molecule has 6 nitrogen and oxygen atoms in total. The fourth-order valence-corrected chi connectivity index (χ4v) is 6.46. The Balaban J connectivity index is 4.51. The molecule has 0 spiro atoms. The van der Waals surface area contributed by atoms with E-state index in [9.17, 15) is 14.4 Å². The molecule has 0 amide bonds. The molecular formula is C56H90O6. The lowest BCUT2D eigenvalue weighted by atomic mass is 10.1. The highest BCUT2D eigenvalue weighted by Gasteiger charge is 2.19. The average molecular weight is 859 g/mol. The van der Waals surface area contributed by atoms with E-state index in [1.807, 2.05) is 60.8 Å². The minimum absolute atomic E-state index is 0.107. The van der Waals surface area contributed by atoms with Crippen LogP contribution in [-0.2, 0) is 28.6 Å². The van der Waals surface area contributed by atoms with Crippen LogP contribution in [0.25, 0.3) is 0 Å². The van der Waals surface area contributed by atoms with Crippen molar-refractivity contribution in [1.29, 1.82) is 0 Å². The van der Waals surface area contributed by atoms with Crippen molar-refractivity contribution >= 4 is 17.9 Å². The van der Waals surface area contributed by atoms with Crippen molar-refractivity contribution < 1.29 is 28.6 Å². The molecule has 62 heavy (non-hydrogen) atoms. The van der Waals surface area contributed by atoms with Gasteiger partial charge in [-0.1, -0.05) is 214 Å². The van der Waals surface area contributed by atoms with Crippen LogP contribution in [-0.4, -0.2) is 37.2 Å². The van der Waals surface area contributed by atoms with E-state index >= 15 is 0 Å². The van der Waals surface area contributed by atoms with E-state index in [1.54, 1.807) is 0 Å². The van der Waals surface area contributed by atoms with Gasteiger partial charge in [-0.3, -0.25) is 14.4 Å². The average Bonchev–Trinajstić information content (AvgIpc) is 3.27. The quantitative estimate of drug-likeness (QED) is 0.0200. The van der Waals surface area contributed by atoms with Crippen LogP contribution < -0.4 is 0 Å². The first-order valence-corrected chi connectivity index (χ1v) is 25.0. The van der Waals surface area contributed by atoms with Crippen LogP contribution in [0.15, 0.2) is 109 Å². The highest BCUT2D eigenvalue weighted by atomic mass is 16.6. The standard InChI is InChI=1S/C56H90O6/c1-4-7-10-13-16-19-22-25-27-29-31-34-37-40-43-46-49-55(58)61-52-53(51-60-54(57)48-45-42-39-36-33-30-24-21-18-15-12-9-6-3)62-56(59)50-47-44-41-38-35-32-28-26-23-20-17-14-11-8-5-2/h8-9,11-12,14-15,17-18,20-21,23-24,26-30,33,53H,4-7,10,13,16,19,22,25,31-32,34-52H2,1-3H3/b11-8+,12-9+,17-14+,18-15+,23-20+,24-21+,28-26+,29-27+,33-30+. The smallest absolute Gasteiger partial charge is 0.306 e. The van der Waals surface area contributed by atoms with Gasteiger partial charge in [0, 0.05) is 19.3 Å². The third-order valence-electron chi connectivity index (χ3n) is 10.2. The molecule has 350 valence electrons. The van der Waals surface area contributed by atoms with Crippen LogP contribution in [0.3, 0.4) is 0 Å². The summed E-state index contributed by atoms with van der Waals surface area (Å²) in [7, 11) is 0. The van der Waals surface area contributed by atoms with E-state index in [4.69, 9.17) is 14.2 Å². The van der Waals surface area contributed by atoms with Gasteiger partial charge in [-0.2, -0.15) is 0 Å². The van der Waals surface area contributed by atoms with Gasteiger partial charge in [-0.25, -0.2) is 0 Å². The van der Waals surface area contributed by atoms with Crippen molar-refractivity contribution in [3.8, 4) is 0 Å². The summed E-state index contributed by atoms with van der Waals surface area (Å²) < 4.78 is 16.7. The fourth-order valence-electron chi connectivity index (χ4n) is 6.46. The summed E-state index contributed by atoms with van der Waals surface area (Å²) in [4.78, 5) is 37.9. The van der Waals surface area contributed by atoms with E-state index in [0.717, 1.165) is 109 Å². The molecule has 0 rings (SSSR count). The predicted molar refractivity (Wildman–Crippen MR) is 265 cm³/mol. The number of carbonyl (C=O) groups is 3. The Hall–Kier alpha value is -3.93. The summed E-state index contributed by atoms with van der Waals surface area (Å²) in [6.07, 6.45) is 66.4. The lowest BCUT2D eigenvalue weighted by Gasteiger charge is -2.18. The van der Waals surface area contributed by atoms with Gasteiger partial charge in [0.2, 0.25) is 0 Å². The van der Waals surface area contributed by atoms with Gasteiger partial charge < -0.3 is 14.2 Å². The first-order valence-electron chi connectivity index (χ1n) is 25.0. The van der Waals surface area contributed by atoms with Gasteiger partial charge in [0.15, 0.2) is 6.10 Å². The van der Waals surface area contributed by atoms with Gasteiger partial charge >= 0.3 is 17.9 Å². The molecule has 1 unspecified atom stereocenters. The Morgan fingerprint density at radius 1 is 0.339 bits per heavy atom. The highest BCUT2D eigenvalue weighted by Crippen LogP contribution is 2.13. The largest absolute Gasteiger partial charge is 0.462 e. The number of rotatable bonds is 43. The summed E-state index contributed by atoms with van der Waals surface area (Å²) in [5.74, 6) is -0.986. The zero-order valence-corrected chi connectivity index (χ0v) is 39.8. The first-order chi connectivity index (χ1) is 30.5. The summed E-state index contributed by atoms with van der Waals surface area (Å²) in [5.41, 5.74) is 0. The fraction of sp³-hybridized carbons (Fsp3) is 0.625. The van der Waals surface area contributed by atoms with Crippen LogP contribution in [0.2, 0.25) is 0 Å². The Bertz CT molecular complexity index is 1310. The summed E-state index contributed by atoms with van der Waals surface area (Å²) >= 11 is 0. The Labute approximate surface area is 380 Å². The van der Waals surface area contributed by atoms with Crippen LogP contribution in [0.4, 0.5) is 0 Å². The zero-order chi connectivity index (χ0) is 45.1. The number of esters is 3. The topological polar surface area (TPSA) is 78.9 Å². The van der Waals surface area contributed by atoms with E-state index in [0.29, 0.717) is 12.8 Å². The Morgan fingerprint density at radius 3 is 1.05 bits per heavy atom.